The van der Waals surface area contributed by atoms with Gasteiger partial charge in [-0.1, -0.05) is 0 Å². The zero-order valence-electron chi connectivity index (χ0n) is 13.9. The van der Waals surface area contributed by atoms with Gasteiger partial charge in [0, 0.05) is 35.4 Å². The SMILES string of the molecule is Cc1occc1C(=O)N[C@@H]1CCCc2nc(-c3cccnc3)ncc21. The van der Waals surface area contributed by atoms with Crippen molar-refractivity contribution in [1.29, 1.82) is 0 Å². The van der Waals surface area contributed by atoms with Gasteiger partial charge < -0.3 is 9.73 Å². The zero-order valence-corrected chi connectivity index (χ0v) is 13.9. The minimum atomic E-state index is -0.125. The van der Waals surface area contributed by atoms with Gasteiger partial charge in [0.2, 0.25) is 0 Å². The summed E-state index contributed by atoms with van der Waals surface area (Å²) in [6.07, 6.45) is 9.59. The van der Waals surface area contributed by atoms with Gasteiger partial charge in [-0.05, 0) is 44.4 Å². The van der Waals surface area contributed by atoms with E-state index in [1.54, 1.807) is 25.4 Å². The van der Waals surface area contributed by atoms with Crippen LogP contribution in [0.1, 0.15) is 46.3 Å². The fourth-order valence-electron chi connectivity index (χ4n) is 3.19. The van der Waals surface area contributed by atoms with Crippen LogP contribution in [-0.4, -0.2) is 20.9 Å². The number of aryl methyl sites for hydroxylation is 2. The van der Waals surface area contributed by atoms with Crippen LogP contribution in [0, 0.1) is 6.92 Å². The third-order valence-corrected chi connectivity index (χ3v) is 4.51. The van der Waals surface area contributed by atoms with Crippen LogP contribution in [0.3, 0.4) is 0 Å². The van der Waals surface area contributed by atoms with Crippen LogP contribution in [0.2, 0.25) is 0 Å². The summed E-state index contributed by atoms with van der Waals surface area (Å²) < 4.78 is 5.22. The number of hydrogen-bond donors (Lipinski definition) is 1. The van der Waals surface area contributed by atoms with Gasteiger partial charge in [0.05, 0.1) is 17.9 Å². The van der Waals surface area contributed by atoms with Gasteiger partial charge in [-0.3, -0.25) is 9.78 Å². The van der Waals surface area contributed by atoms with Crippen LogP contribution in [0.5, 0.6) is 0 Å². The number of carbonyl (C=O) groups is 1. The molecule has 1 aliphatic carbocycles. The van der Waals surface area contributed by atoms with Crippen LogP contribution in [0.4, 0.5) is 0 Å². The molecule has 25 heavy (non-hydrogen) atoms. The van der Waals surface area contributed by atoms with E-state index in [1.165, 1.54) is 6.26 Å². The summed E-state index contributed by atoms with van der Waals surface area (Å²) in [7, 11) is 0. The highest BCUT2D eigenvalue weighted by Gasteiger charge is 2.25. The predicted octanol–water partition coefficient (Wildman–Crippen LogP) is 3.25. The van der Waals surface area contributed by atoms with Crippen molar-refractivity contribution < 1.29 is 9.21 Å². The molecule has 3 heterocycles. The average Bonchev–Trinajstić information content (AvgIpc) is 3.08. The molecule has 3 aromatic rings. The Morgan fingerprint density at radius 1 is 1.32 bits per heavy atom. The van der Waals surface area contributed by atoms with Crippen LogP contribution < -0.4 is 5.32 Å². The van der Waals surface area contributed by atoms with E-state index in [9.17, 15) is 4.79 Å². The average molecular weight is 334 g/mol. The summed E-state index contributed by atoms with van der Waals surface area (Å²) >= 11 is 0. The Morgan fingerprint density at radius 3 is 3.00 bits per heavy atom. The molecule has 0 aromatic carbocycles. The van der Waals surface area contributed by atoms with Gasteiger partial charge in [-0.2, -0.15) is 0 Å². The van der Waals surface area contributed by atoms with E-state index in [-0.39, 0.29) is 11.9 Å². The molecule has 6 nitrogen and oxygen atoms in total. The van der Waals surface area contributed by atoms with Gasteiger partial charge in [0.1, 0.15) is 5.76 Å². The van der Waals surface area contributed by atoms with Gasteiger partial charge >= 0.3 is 0 Å². The monoisotopic (exact) mass is 334 g/mol. The Balaban J connectivity index is 1.60. The topological polar surface area (TPSA) is 80.9 Å². The first-order valence-electron chi connectivity index (χ1n) is 8.33. The highest BCUT2D eigenvalue weighted by molar-refractivity contribution is 5.95. The van der Waals surface area contributed by atoms with E-state index < -0.39 is 0 Å². The first-order valence-corrected chi connectivity index (χ1v) is 8.33. The number of amides is 1. The van der Waals surface area contributed by atoms with Crippen LogP contribution >= 0.6 is 0 Å². The smallest absolute Gasteiger partial charge is 0.255 e. The van der Waals surface area contributed by atoms with Crippen molar-refractivity contribution in [3.8, 4) is 11.4 Å². The molecule has 0 unspecified atom stereocenters. The van der Waals surface area contributed by atoms with Crippen molar-refractivity contribution in [3.05, 3.63) is 65.6 Å². The molecule has 6 heteroatoms. The number of nitrogens with zero attached hydrogens (tertiary/aromatic N) is 3. The lowest BCUT2D eigenvalue weighted by Crippen LogP contribution is -2.31. The van der Waals surface area contributed by atoms with E-state index in [0.717, 1.165) is 36.1 Å². The predicted molar refractivity (Wildman–Crippen MR) is 91.9 cm³/mol. The van der Waals surface area contributed by atoms with Crippen molar-refractivity contribution in [2.75, 3.05) is 0 Å². The summed E-state index contributed by atoms with van der Waals surface area (Å²) in [5.74, 6) is 1.17. The van der Waals surface area contributed by atoms with Crippen molar-refractivity contribution in [2.45, 2.75) is 32.2 Å². The first-order chi connectivity index (χ1) is 12.2. The summed E-state index contributed by atoms with van der Waals surface area (Å²) in [4.78, 5) is 25.8. The van der Waals surface area contributed by atoms with Crippen LogP contribution in [0.25, 0.3) is 11.4 Å². The number of fused-ring (bicyclic) bond motifs is 1. The maximum Gasteiger partial charge on any atom is 0.255 e. The highest BCUT2D eigenvalue weighted by Crippen LogP contribution is 2.30. The molecule has 1 amide bonds. The van der Waals surface area contributed by atoms with E-state index in [0.29, 0.717) is 17.1 Å². The molecule has 0 bridgehead atoms. The van der Waals surface area contributed by atoms with Crippen LogP contribution in [-0.2, 0) is 6.42 Å². The lowest BCUT2D eigenvalue weighted by Gasteiger charge is -2.25. The molecule has 1 aliphatic rings. The Bertz CT molecular complexity index is 905. The summed E-state index contributed by atoms with van der Waals surface area (Å²) in [6, 6.07) is 5.43. The summed E-state index contributed by atoms with van der Waals surface area (Å²) in [5, 5.41) is 3.09. The number of nitrogens with one attached hydrogen (secondary N) is 1. The number of aromatic nitrogens is 3. The fraction of sp³-hybridized carbons (Fsp3) is 0.263. The summed E-state index contributed by atoms with van der Waals surface area (Å²) in [6.45, 7) is 1.78. The molecule has 1 atom stereocenters. The van der Waals surface area contributed by atoms with E-state index in [4.69, 9.17) is 9.40 Å². The second-order valence-corrected chi connectivity index (χ2v) is 6.15. The molecule has 3 aromatic heterocycles. The Labute approximate surface area is 145 Å². The number of pyridine rings is 1. The molecular formula is C19H18N4O2. The van der Waals surface area contributed by atoms with Crippen molar-refractivity contribution in [3.63, 3.8) is 0 Å². The zero-order chi connectivity index (χ0) is 17.2. The highest BCUT2D eigenvalue weighted by atomic mass is 16.3. The minimum absolute atomic E-state index is 0.0755. The number of carbonyl (C=O) groups excluding carboxylic acids is 1. The third-order valence-electron chi connectivity index (χ3n) is 4.51. The molecule has 0 radical (unpaired) electrons. The molecule has 4 rings (SSSR count). The van der Waals surface area contributed by atoms with Gasteiger partial charge in [0.15, 0.2) is 5.82 Å². The molecule has 0 saturated carbocycles. The van der Waals surface area contributed by atoms with Gasteiger partial charge in [-0.15, -0.1) is 0 Å². The minimum Gasteiger partial charge on any atom is -0.469 e. The van der Waals surface area contributed by atoms with Crippen molar-refractivity contribution in [1.82, 2.24) is 20.3 Å². The van der Waals surface area contributed by atoms with E-state index in [1.807, 2.05) is 18.3 Å². The molecule has 0 saturated heterocycles. The number of hydrogen-bond acceptors (Lipinski definition) is 5. The number of furan rings is 1. The lowest BCUT2D eigenvalue weighted by molar-refractivity contribution is 0.0931. The lowest BCUT2D eigenvalue weighted by atomic mass is 9.92. The number of rotatable bonds is 3. The maximum atomic E-state index is 12.5. The van der Waals surface area contributed by atoms with Crippen LogP contribution in [0.15, 0.2) is 47.5 Å². The van der Waals surface area contributed by atoms with Gasteiger partial charge in [-0.25, -0.2) is 9.97 Å². The molecule has 126 valence electrons. The largest absolute Gasteiger partial charge is 0.469 e. The molecule has 0 aliphatic heterocycles. The van der Waals surface area contributed by atoms with E-state index in [2.05, 4.69) is 15.3 Å². The molecule has 0 fully saturated rings. The Hall–Kier alpha value is -3.02. The first kappa shape index (κ1) is 15.5. The van der Waals surface area contributed by atoms with Crippen molar-refractivity contribution >= 4 is 5.91 Å². The normalized spacial score (nSPS) is 16.3. The molecule has 0 spiro atoms. The second kappa shape index (κ2) is 6.47. The molecular weight excluding hydrogens is 316 g/mol. The maximum absolute atomic E-state index is 12.5. The third kappa shape index (κ3) is 3.03. The summed E-state index contributed by atoms with van der Waals surface area (Å²) in [5.41, 5.74) is 3.45. The fourth-order valence-corrected chi connectivity index (χ4v) is 3.19. The van der Waals surface area contributed by atoms with Gasteiger partial charge in [0.25, 0.3) is 5.91 Å². The van der Waals surface area contributed by atoms with Crippen molar-refractivity contribution in [2.24, 2.45) is 0 Å². The van der Waals surface area contributed by atoms with E-state index >= 15 is 0 Å². The second-order valence-electron chi connectivity index (χ2n) is 6.15. The Kier molecular flexibility index (Phi) is 4.01. The standard InChI is InChI=1S/C19H18N4O2/c1-12-14(7-9-25-12)19(24)23-17-6-2-5-16-15(17)11-21-18(22-16)13-4-3-8-20-10-13/h3-4,7-11,17H,2,5-6H2,1H3,(H,23,24)/t17-/m1/s1. The Morgan fingerprint density at radius 2 is 2.24 bits per heavy atom. The molecule has 1 N–H and O–H groups in total. The quantitative estimate of drug-likeness (QED) is 0.795.